The standard InChI is InChI=1S/C17H27NS/c1-12-9-13(2)17(14(3)10-12)16(18)11-19-15-7-5-4-6-8-15/h9-10,15-16H,4-8,11,18H2,1-3H3. The van der Waals surface area contributed by atoms with E-state index in [0.717, 1.165) is 11.0 Å². The van der Waals surface area contributed by atoms with E-state index < -0.39 is 0 Å². The summed E-state index contributed by atoms with van der Waals surface area (Å²) in [7, 11) is 0. The highest BCUT2D eigenvalue weighted by Gasteiger charge is 2.17. The Labute approximate surface area is 122 Å². The molecule has 106 valence electrons. The fraction of sp³-hybridized carbons (Fsp3) is 0.647. The first-order valence-corrected chi connectivity index (χ1v) is 8.57. The second kappa shape index (κ2) is 6.81. The quantitative estimate of drug-likeness (QED) is 0.865. The predicted molar refractivity (Wildman–Crippen MR) is 86.9 cm³/mol. The average Bonchev–Trinajstić information content (AvgIpc) is 2.36. The maximum absolute atomic E-state index is 6.44. The van der Waals surface area contributed by atoms with Crippen LogP contribution < -0.4 is 5.73 Å². The Morgan fingerprint density at radius 1 is 1.11 bits per heavy atom. The molecular weight excluding hydrogens is 250 g/mol. The number of rotatable bonds is 4. The van der Waals surface area contributed by atoms with Crippen LogP contribution in [0.2, 0.25) is 0 Å². The molecule has 0 spiro atoms. The van der Waals surface area contributed by atoms with Crippen molar-refractivity contribution in [3.63, 3.8) is 0 Å². The van der Waals surface area contributed by atoms with E-state index in [0.29, 0.717) is 0 Å². The predicted octanol–water partition coefficient (Wildman–Crippen LogP) is 4.68. The molecule has 1 fully saturated rings. The van der Waals surface area contributed by atoms with E-state index in [2.05, 4.69) is 44.7 Å². The van der Waals surface area contributed by atoms with Crippen LogP contribution in [0.1, 0.15) is 60.4 Å². The van der Waals surface area contributed by atoms with Gasteiger partial charge in [-0.25, -0.2) is 0 Å². The van der Waals surface area contributed by atoms with E-state index in [1.807, 2.05) is 0 Å². The normalized spacial score (nSPS) is 18.5. The van der Waals surface area contributed by atoms with Crippen molar-refractivity contribution in [3.8, 4) is 0 Å². The molecule has 1 atom stereocenters. The van der Waals surface area contributed by atoms with Crippen LogP contribution in [0.25, 0.3) is 0 Å². The molecule has 1 aliphatic carbocycles. The summed E-state index contributed by atoms with van der Waals surface area (Å²) in [4.78, 5) is 0. The van der Waals surface area contributed by atoms with Gasteiger partial charge in [0.2, 0.25) is 0 Å². The first-order valence-electron chi connectivity index (χ1n) is 7.53. The molecule has 1 aromatic carbocycles. The lowest BCUT2D eigenvalue weighted by atomic mass is 9.95. The van der Waals surface area contributed by atoms with E-state index in [-0.39, 0.29) is 6.04 Å². The molecule has 0 radical (unpaired) electrons. The molecule has 0 aromatic heterocycles. The van der Waals surface area contributed by atoms with Gasteiger partial charge >= 0.3 is 0 Å². The second-order valence-corrected chi connectivity index (χ2v) is 7.35. The number of hydrogen-bond donors (Lipinski definition) is 1. The van der Waals surface area contributed by atoms with Gasteiger partial charge in [-0.05, 0) is 50.3 Å². The lowest BCUT2D eigenvalue weighted by molar-refractivity contribution is 0.515. The molecule has 1 unspecified atom stereocenters. The third-order valence-electron chi connectivity index (χ3n) is 4.17. The summed E-state index contributed by atoms with van der Waals surface area (Å²) in [5, 5.41) is 0.853. The molecule has 2 rings (SSSR count). The average molecular weight is 277 g/mol. The summed E-state index contributed by atoms with van der Waals surface area (Å²) in [5.74, 6) is 1.06. The maximum Gasteiger partial charge on any atom is 0.0392 e. The molecule has 1 aromatic rings. The minimum atomic E-state index is 0.188. The molecule has 19 heavy (non-hydrogen) atoms. The largest absolute Gasteiger partial charge is 0.323 e. The minimum Gasteiger partial charge on any atom is -0.323 e. The van der Waals surface area contributed by atoms with Gasteiger partial charge in [-0.3, -0.25) is 0 Å². The summed E-state index contributed by atoms with van der Waals surface area (Å²) in [6.07, 6.45) is 7.04. The highest BCUT2D eigenvalue weighted by molar-refractivity contribution is 7.99. The molecule has 0 bridgehead atoms. The highest BCUT2D eigenvalue weighted by Crippen LogP contribution is 2.32. The summed E-state index contributed by atoms with van der Waals surface area (Å²) in [6, 6.07) is 4.70. The Balaban J connectivity index is 1.97. The van der Waals surface area contributed by atoms with Crippen LogP contribution in [0, 0.1) is 20.8 Å². The van der Waals surface area contributed by atoms with Gasteiger partial charge in [0.15, 0.2) is 0 Å². The van der Waals surface area contributed by atoms with Crippen molar-refractivity contribution in [2.24, 2.45) is 5.73 Å². The number of thioether (sulfide) groups is 1. The molecular formula is C17H27NS. The zero-order chi connectivity index (χ0) is 13.8. The molecule has 1 saturated carbocycles. The molecule has 0 heterocycles. The SMILES string of the molecule is Cc1cc(C)c(C(N)CSC2CCCCC2)c(C)c1. The summed E-state index contributed by atoms with van der Waals surface area (Å²) in [6.45, 7) is 6.55. The van der Waals surface area contributed by atoms with Crippen molar-refractivity contribution >= 4 is 11.8 Å². The van der Waals surface area contributed by atoms with Crippen LogP contribution in [0.3, 0.4) is 0 Å². The summed E-state index contributed by atoms with van der Waals surface area (Å²) >= 11 is 2.10. The monoisotopic (exact) mass is 277 g/mol. The van der Waals surface area contributed by atoms with Crippen molar-refractivity contribution in [3.05, 3.63) is 34.4 Å². The molecule has 2 N–H and O–H groups in total. The third kappa shape index (κ3) is 4.00. The minimum absolute atomic E-state index is 0.188. The number of aryl methyl sites for hydroxylation is 3. The molecule has 0 saturated heterocycles. The fourth-order valence-corrected chi connectivity index (χ4v) is 4.64. The topological polar surface area (TPSA) is 26.0 Å². The van der Waals surface area contributed by atoms with Gasteiger partial charge in [0.05, 0.1) is 0 Å². The van der Waals surface area contributed by atoms with Crippen molar-refractivity contribution < 1.29 is 0 Å². The number of benzene rings is 1. The first kappa shape index (κ1) is 14.9. The Morgan fingerprint density at radius 2 is 1.68 bits per heavy atom. The Morgan fingerprint density at radius 3 is 2.26 bits per heavy atom. The smallest absolute Gasteiger partial charge is 0.0392 e. The van der Waals surface area contributed by atoms with Crippen LogP contribution in [0.4, 0.5) is 0 Å². The van der Waals surface area contributed by atoms with E-state index in [1.165, 1.54) is 54.4 Å². The first-order chi connectivity index (χ1) is 9.08. The van der Waals surface area contributed by atoms with Crippen molar-refractivity contribution in [1.29, 1.82) is 0 Å². The van der Waals surface area contributed by atoms with E-state index in [1.54, 1.807) is 0 Å². The second-order valence-electron chi connectivity index (χ2n) is 6.01. The molecule has 0 amide bonds. The Kier molecular flexibility index (Phi) is 5.35. The van der Waals surface area contributed by atoms with Crippen LogP contribution in [0.5, 0.6) is 0 Å². The van der Waals surface area contributed by atoms with Gasteiger partial charge in [-0.15, -0.1) is 0 Å². The maximum atomic E-state index is 6.44. The number of nitrogens with two attached hydrogens (primary N) is 1. The zero-order valence-electron chi connectivity index (χ0n) is 12.5. The van der Waals surface area contributed by atoms with Crippen LogP contribution in [-0.4, -0.2) is 11.0 Å². The van der Waals surface area contributed by atoms with Crippen LogP contribution >= 0.6 is 11.8 Å². The van der Waals surface area contributed by atoms with Crippen LogP contribution in [0.15, 0.2) is 12.1 Å². The Bertz CT molecular complexity index is 398. The van der Waals surface area contributed by atoms with E-state index >= 15 is 0 Å². The molecule has 1 nitrogen and oxygen atoms in total. The highest BCUT2D eigenvalue weighted by atomic mass is 32.2. The van der Waals surface area contributed by atoms with E-state index in [9.17, 15) is 0 Å². The van der Waals surface area contributed by atoms with Gasteiger partial charge in [-0.1, -0.05) is 37.0 Å². The molecule has 1 aliphatic rings. The fourth-order valence-electron chi connectivity index (χ4n) is 3.33. The number of hydrogen-bond acceptors (Lipinski definition) is 2. The zero-order valence-corrected chi connectivity index (χ0v) is 13.4. The lowest BCUT2D eigenvalue weighted by Gasteiger charge is -2.24. The van der Waals surface area contributed by atoms with Gasteiger partial charge < -0.3 is 5.73 Å². The van der Waals surface area contributed by atoms with Gasteiger partial charge in [0, 0.05) is 17.0 Å². The molecule has 0 aliphatic heterocycles. The van der Waals surface area contributed by atoms with Crippen molar-refractivity contribution in [2.45, 2.75) is 64.2 Å². The third-order valence-corrected chi connectivity index (χ3v) is 5.67. The van der Waals surface area contributed by atoms with Crippen LogP contribution in [-0.2, 0) is 0 Å². The lowest BCUT2D eigenvalue weighted by Crippen LogP contribution is -2.19. The summed E-state index contributed by atoms with van der Waals surface area (Å²) in [5.41, 5.74) is 11.9. The van der Waals surface area contributed by atoms with Gasteiger partial charge in [0.25, 0.3) is 0 Å². The summed E-state index contributed by atoms with van der Waals surface area (Å²) < 4.78 is 0. The van der Waals surface area contributed by atoms with E-state index in [4.69, 9.17) is 5.73 Å². The Hall–Kier alpha value is -0.470. The van der Waals surface area contributed by atoms with Gasteiger partial charge in [0.1, 0.15) is 0 Å². The van der Waals surface area contributed by atoms with Gasteiger partial charge in [-0.2, -0.15) is 11.8 Å². The van der Waals surface area contributed by atoms with Crippen molar-refractivity contribution in [2.75, 3.05) is 5.75 Å². The van der Waals surface area contributed by atoms with Crippen molar-refractivity contribution in [1.82, 2.24) is 0 Å². The molecule has 2 heteroatoms.